The number of rotatable bonds is 7. The Morgan fingerprint density at radius 1 is 0.421 bits per heavy atom. The molecule has 2 heterocycles. The minimum absolute atomic E-state index is 0.598. The van der Waals surface area contributed by atoms with Gasteiger partial charge in [0, 0.05) is 38.8 Å². The van der Waals surface area contributed by atoms with E-state index in [1.807, 2.05) is 36.4 Å². The SMILES string of the molecule is c1ccc(-c2cccc(N(c3cccc(-c4ccc5c(c4)c4ccc6ccccc6c4n5-c4ccccc4)c3)c3cccc4nc(-c5ccccc5)oc34)c2)cc1. The molecule has 0 aliphatic heterocycles. The first-order chi connectivity index (χ1) is 28.3. The summed E-state index contributed by atoms with van der Waals surface area (Å²) in [7, 11) is 0. The van der Waals surface area contributed by atoms with Crippen molar-refractivity contribution in [3.63, 3.8) is 0 Å². The van der Waals surface area contributed by atoms with Crippen molar-refractivity contribution in [1.82, 2.24) is 9.55 Å². The van der Waals surface area contributed by atoms with Crippen molar-refractivity contribution in [2.24, 2.45) is 0 Å². The fourth-order valence-corrected chi connectivity index (χ4v) is 8.33. The number of anilines is 3. The van der Waals surface area contributed by atoms with Crippen molar-refractivity contribution < 1.29 is 4.42 Å². The molecule has 0 saturated heterocycles. The van der Waals surface area contributed by atoms with E-state index < -0.39 is 0 Å². The molecule has 0 N–H and O–H groups in total. The minimum atomic E-state index is 0.598. The van der Waals surface area contributed by atoms with Crippen molar-refractivity contribution in [2.45, 2.75) is 0 Å². The lowest BCUT2D eigenvalue weighted by Gasteiger charge is -2.26. The van der Waals surface area contributed by atoms with Crippen LogP contribution in [0.5, 0.6) is 0 Å². The third-order valence-electron chi connectivity index (χ3n) is 11.0. The second kappa shape index (κ2) is 13.6. The fraction of sp³-hybridized carbons (Fsp3) is 0. The Bertz CT molecular complexity index is 3240. The molecule has 0 radical (unpaired) electrons. The molecule has 268 valence electrons. The van der Waals surface area contributed by atoms with E-state index in [9.17, 15) is 0 Å². The standard InChI is InChI=1S/C53H35N3O/c1-4-15-36(16-5-1)39-20-12-24-43(33-39)55(50-28-14-27-48-52(50)57-53(54-48)38-18-6-2-7-19-38)44-25-13-21-40(34-44)41-30-32-49-47(35-41)46-31-29-37-17-10-11-26-45(37)51(46)56(49)42-22-8-3-9-23-42/h1-35H. The molecule has 0 atom stereocenters. The summed E-state index contributed by atoms with van der Waals surface area (Å²) in [6.07, 6.45) is 0. The maximum atomic E-state index is 6.64. The van der Waals surface area contributed by atoms with Gasteiger partial charge >= 0.3 is 0 Å². The van der Waals surface area contributed by atoms with E-state index in [0.29, 0.717) is 5.89 Å². The van der Waals surface area contributed by atoms with E-state index >= 15 is 0 Å². The quantitative estimate of drug-likeness (QED) is 0.164. The molecule has 4 nitrogen and oxygen atoms in total. The highest BCUT2D eigenvalue weighted by molar-refractivity contribution is 6.19. The van der Waals surface area contributed by atoms with Crippen LogP contribution in [0.1, 0.15) is 0 Å². The number of para-hydroxylation sites is 2. The van der Waals surface area contributed by atoms with Crippen LogP contribution in [-0.2, 0) is 0 Å². The van der Waals surface area contributed by atoms with Gasteiger partial charge in [0.1, 0.15) is 5.52 Å². The molecule has 0 saturated carbocycles. The number of fused-ring (bicyclic) bond motifs is 6. The molecular weight excluding hydrogens is 695 g/mol. The maximum absolute atomic E-state index is 6.64. The lowest BCUT2D eigenvalue weighted by Crippen LogP contribution is -2.10. The molecule has 2 aromatic heterocycles. The van der Waals surface area contributed by atoms with Gasteiger partial charge in [0.15, 0.2) is 5.58 Å². The highest BCUT2D eigenvalue weighted by Gasteiger charge is 2.21. The van der Waals surface area contributed by atoms with Crippen LogP contribution in [0.2, 0.25) is 0 Å². The Labute approximate surface area is 330 Å². The normalized spacial score (nSPS) is 11.5. The van der Waals surface area contributed by atoms with Gasteiger partial charge in [0.2, 0.25) is 5.89 Å². The van der Waals surface area contributed by atoms with Crippen LogP contribution in [0.25, 0.3) is 83.1 Å². The van der Waals surface area contributed by atoms with Crippen molar-refractivity contribution in [1.29, 1.82) is 0 Å². The summed E-state index contributed by atoms with van der Waals surface area (Å²) in [6.45, 7) is 0. The van der Waals surface area contributed by atoms with Gasteiger partial charge in [-0.15, -0.1) is 0 Å². The van der Waals surface area contributed by atoms with Gasteiger partial charge in [-0.3, -0.25) is 0 Å². The average molecular weight is 730 g/mol. The first kappa shape index (κ1) is 32.7. The number of oxazole rings is 1. The monoisotopic (exact) mass is 729 g/mol. The van der Waals surface area contributed by atoms with Crippen LogP contribution < -0.4 is 4.90 Å². The van der Waals surface area contributed by atoms with Crippen LogP contribution in [0.4, 0.5) is 17.1 Å². The van der Waals surface area contributed by atoms with Crippen molar-refractivity contribution in [3.8, 4) is 39.4 Å². The zero-order valence-electron chi connectivity index (χ0n) is 31.0. The van der Waals surface area contributed by atoms with E-state index in [1.165, 1.54) is 32.6 Å². The Morgan fingerprint density at radius 3 is 1.79 bits per heavy atom. The maximum Gasteiger partial charge on any atom is 0.227 e. The molecule has 11 rings (SSSR count). The molecule has 9 aromatic carbocycles. The van der Waals surface area contributed by atoms with Gasteiger partial charge in [0.05, 0.1) is 16.7 Å². The third kappa shape index (κ3) is 5.66. The molecule has 0 fully saturated rings. The summed E-state index contributed by atoms with van der Waals surface area (Å²) in [5.41, 5.74) is 13.5. The first-order valence-electron chi connectivity index (χ1n) is 19.3. The predicted octanol–water partition coefficient (Wildman–Crippen LogP) is 14.5. The van der Waals surface area contributed by atoms with Crippen LogP contribution in [-0.4, -0.2) is 9.55 Å². The molecule has 0 bridgehead atoms. The summed E-state index contributed by atoms with van der Waals surface area (Å²) in [6, 6.07) is 75.2. The van der Waals surface area contributed by atoms with E-state index in [2.05, 4.69) is 185 Å². The molecule has 4 heteroatoms. The summed E-state index contributed by atoms with van der Waals surface area (Å²) in [5, 5.41) is 4.92. The Morgan fingerprint density at radius 2 is 1.04 bits per heavy atom. The fourth-order valence-electron chi connectivity index (χ4n) is 8.33. The molecular formula is C53H35N3O. The molecule has 11 aromatic rings. The second-order valence-corrected chi connectivity index (χ2v) is 14.4. The Balaban J connectivity index is 1.10. The van der Waals surface area contributed by atoms with E-state index in [0.717, 1.165) is 61.7 Å². The van der Waals surface area contributed by atoms with Gasteiger partial charge < -0.3 is 13.9 Å². The molecule has 0 aliphatic carbocycles. The number of hydrogen-bond acceptors (Lipinski definition) is 3. The van der Waals surface area contributed by atoms with Crippen molar-refractivity contribution >= 4 is 60.7 Å². The second-order valence-electron chi connectivity index (χ2n) is 14.4. The predicted molar refractivity (Wildman–Crippen MR) is 237 cm³/mol. The lowest BCUT2D eigenvalue weighted by atomic mass is 10.0. The largest absolute Gasteiger partial charge is 0.434 e. The number of hydrogen-bond donors (Lipinski definition) is 0. The minimum Gasteiger partial charge on any atom is -0.434 e. The van der Waals surface area contributed by atoms with E-state index in [-0.39, 0.29) is 0 Å². The summed E-state index contributed by atoms with van der Waals surface area (Å²) >= 11 is 0. The Hall–Kier alpha value is -7.69. The molecule has 0 spiro atoms. The van der Waals surface area contributed by atoms with Crippen molar-refractivity contribution in [2.75, 3.05) is 4.90 Å². The van der Waals surface area contributed by atoms with Crippen LogP contribution in [0, 0.1) is 0 Å². The van der Waals surface area contributed by atoms with Gasteiger partial charge in [0.25, 0.3) is 0 Å². The van der Waals surface area contributed by atoms with Gasteiger partial charge in [-0.25, -0.2) is 4.98 Å². The third-order valence-corrected chi connectivity index (χ3v) is 11.0. The molecule has 0 aliphatic rings. The molecule has 0 unspecified atom stereocenters. The van der Waals surface area contributed by atoms with Crippen LogP contribution in [0.15, 0.2) is 217 Å². The summed E-state index contributed by atoms with van der Waals surface area (Å²) < 4.78 is 9.06. The first-order valence-corrected chi connectivity index (χ1v) is 19.3. The highest BCUT2D eigenvalue weighted by Crippen LogP contribution is 2.43. The topological polar surface area (TPSA) is 34.2 Å². The highest BCUT2D eigenvalue weighted by atomic mass is 16.3. The Kier molecular flexibility index (Phi) is 7.78. The number of aromatic nitrogens is 2. The van der Waals surface area contributed by atoms with Crippen LogP contribution >= 0.6 is 0 Å². The van der Waals surface area contributed by atoms with Crippen molar-refractivity contribution in [3.05, 3.63) is 212 Å². The van der Waals surface area contributed by atoms with Gasteiger partial charge in [-0.05, 0) is 100 Å². The molecule has 57 heavy (non-hydrogen) atoms. The zero-order valence-corrected chi connectivity index (χ0v) is 31.0. The summed E-state index contributed by atoms with van der Waals surface area (Å²) in [5.74, 6) is 0.598. The lowest BCUT2D eigenvalue weighted by molar-refractivity contribution is 0.620. The number of nitrogens with zero attached hydrogens (tertiary/aromatic N) is 3. The van der Waals surface area contributed by atoms with Gasteiger partial charge in [-0.2, -0.15) is 0 Å². The van der Waals surface area contributed by atoms with E-state index in [1.54, 1.807) is 0 Å². The van der Waals surface area contributed by atoms with E-state index in [4.69, 9.17) is 9.40 Å². The summed E-state index contributed by atoms with van der Waals surface area (Å²) in [4.78, 5) is 7.24. The van der Waals surface area contributed by atoms with Gasteiger partial charge in [-0.1, -0.05) is 140 Å². The average Bonchev–Trinajstić information content (AvgIpc) is 3.88. The number of benzene rings is 9. The van der Waals surface area contributed by atoms with Crippen LogP contribution in [0.3, 0.4) is 0 Å². The molecule has 0 amide bonds. The smallest absolute Gasteiger partial charge is 0.227 e. The zero-order chi connectivity index (χ0) is 37.7.